The van der Waals surface area contributed by atoms with Gasteiger partial charge in [0.25, 0.3) is 0 Å². The van der Waals surface area contributed by atoms with Gasteiger partial charge in [-0.1, -0.05) is 0 Å². The third-order valence-electron chi connectivity index (χ3n) is 2.54. The van der Waals surface area contributed by atoms with Gasteiger partial charge in [-0.2, -0.15) is 13.2 Å². The predicted molar refractivity (Wildman–Crippen MR) is 58.0 cm³/mol. The van der Waals surface area contributed by atoms with Gasteiger partial charge in [-0.05, 0) is 27.2 Å². The summed E-state index contributed by atoms with van der Waals surface area (Å²) in [5.41, 5.74) is -0.771. The van der Waals surface area contributed by atoms with E-state index in [9.17, 15) is 23.1 Å². The van der Waals surface area contributed by atoms with Gasteiger partial charge in [0, 0.05) is 13.1 Å². The third kappa shape index (κ3) is 4.36. The zero-order chi connectivity index (χ0) is 14.1. The lowest BCUT2D eigenvalue weighted by molar-refractivity contribution is -0.194. The number of likely N-dealkylation sites (tertiary alicyclic amines) is 1. The molecule has 0 aromatic carbocycles. The van der Waals surface area contributed by atoms with Gasteiger partial charge in [0.15, 0.2) is 0 Å². The summed E-state index contributed by atoms with van der Waals surface area (Å²) in [6, 6.07) is 0. The zero-order valence-corrected chi connectivity index (χ0v) is 10.6. The molecule has 0 radical (unpaired) electrons. The van der Waals surface area contributed by atoms with Gasteiger partial charge in [-0.25, -0.2) is 4.79 Å². The highest BCUT2D eigenvalue weighted by Gasteiger charge is 2.45. The number of carbonyl (C=O) groups excluding carboxylic acids is 1. The van der Waals surface area contributed by atoms with Gasteiger partial charge in [-0.3, -0.25) is 0 Å². The SMILES string of the molecule is CC(C)(C)OC(=O)N1CC(O)C[C@H](C(F)(F)F)C1. The van der Waals surface area contributed by atoms with Crippen molar-refractivity contribution in [2.45, 2.75) is 45.1 Å². The molecule has 1 N–H and O–H groups in total. The first-order valence-electron chi connectivity index (χ1n) is 5.72. The number of amides is 1. The fraction of sp³-hybridized carbons (Fsp3) is 0.909. The first-order valence-corrected chi connectivity index (χ1v) is 5.72. The summed E-state index contributed by atoms with van der Waals surface area (Å²) in [6.45, 7) is 4.31. The summed E-state index contributed by atoms with van der Waals surface area (Å²) in [6.07, 6.45) is -6.78. The molecule has 1 rings (SSSR count). The van der Waals surface area contributed by atoms with Crippen LogP contribution in [0.25, 0.3) is 0 Å². The zero-order valence-electron chi connectivity index (χ0n) is 10.6. The van der Waals surface area contributed by atoms with Crippen LogP contribution in [0.4, 0.5) is 18.0 Å². The average Bonchev–Trinajstić information content (AvgIpc) is 2.12. The molecule has 1 aliphatic rings. The van der Waals surface area contributed by atoms with Crippen LogP contribution in [0.2, 0.25) is 0 Å². The number of aliphatic hydroxyl groups is 1. The molecular formula is C11H18F3NO3. The Hall–Kier alpha value is -0.980. The molecule has 106 valence electrons. The van der Waals surface area contributed by atoms with Crippen molar-refractivity contribution in [2.24, 2.45) is 5.92 Å². The topological polar surface area (TPSA) is 49.8 Å². The average molecular weight is 269 g/mol. The molecule has 0 bridgehead atoms. The monoisotopic (exact) mass is 269 g/mol. The van der Waals surface area contributed by atoms with Gasteiger partial charge < -0.3 is 14.7 Å². The number of carbonyl (C=O) groups is 1. The smallest absolute Gasteiger partial charge is 0.410 e. The van der Waals surface area contributed by atoms with Crippen LogP contribution in [0.5, 0.6) is 0 Å². The molecule has 0 aromatic rings. The highest BCUT2D eigenvalue weighted by atomic mass is 19.4. The Morgan fingerprint density at radius 3 is 2.28 bits per heavy atom. The Morgan fingerprint density at radius 1 is 1.28 bits per heavy atom. The number of aliphatic hydroxyl groups excluding tert-OH is 1. The van der Waals surface area contributed by atoms with Gasteiger partial charge in [0.05, 0.1) is 12.0 Å². The lowest BCUT2D eigenvalue weighted by Crippen LogP contribution is -2.51. The van der Waals surface area contributed by atoms with Crippen LogP contribution >= 0.6 is 0 Å². The molecule has 0 aromatic heterocycles. The molecule has 1 saturated heterocycles. The standard InChI is InChI=1S/C11H18F3NO3/c1-10(2,3)18-9(17)15-5-7(11(12,13)14)4-8(16)6-15/h7-8,16H,4-6H2,1-3H3/t7-,8?/m0/s1. The Morgan fingerprint density at radius 2 is 1.83 bits per heavy atom. The van der Waals surface area contributed by atoms with Crippen molar-refractivity contribution in [3.63, 3.8) is 0 Å². The molecular weight excluding hydrogens is 251 g/mol. The summed E-state index contributed by atoms with van der Waals surface area (Å²) in [7, 11) is 0. The molecule has 0 saturated carbocycles. The quantitative estimate of drug-likeness (QED) is 0.733. The molecule has 2 atom stereocenters. The molecule has 7 heteroatoms. The Balaban J connectivity index is 2.69. The second-order valence-corrected chi connectivity index (χ2v) is 5.51. The van der Waals surface area contributed by atoms with Crippen molar-refractivity contribution in [1.29, 1.82) is 0 Å². The predicted octanol–water partition coefficient (Wildman–Crippen LogP) is 2.17. The van der Waals surface area contributed by atoms with E-state index in [1.165, 1.54) is 0 Å². The van der Waals surface area contributed by atoms with Crippen LogP contribution < -0.4 is 0 Å². The van der Waals surface area contributed by atoms with E-state index in [0.29, 0.717) is 0 Å². The number of hydrogen-bond donors (Lipinski definition) is 1. The van der Waals surface area contributed by atoms with Gasteiger partial charge in [0.1, 0.15) is 5.60 Å². The number of β-amino-alcohol motifs (C(OH)–C–C–N with tert-alkyl or cyclic N) is 1. The van der Waals surface area contributed by atoms with Crippen molar-refractivity contribution in [1.82, 2.24) is 4.90 Å². The van der Waals surface area contributed by atoms with Crippen LogP contribution in [0.3, 0.4) is 0 Å². The highest BCUT2D eigenvalue weighted by molar-refractivity contribution is 5.68. The molecule has 1 heterocycles. The highest BCUT2D eigenvalue weighted by Crippen LogP contribution is 2.33. The number of ether oxygens (including phenoxy) is 1. The summed E-state index contributed by atoms with van der Waals surface area (Å²) < 4.78 is 42.8. The Labute approximate surface area is 104 Å². The maximum Gasteiger partial charge on any atom is 0.410 e. The number of hydrogen-bond acceptors (Lipinski definition) is 3. The van der Waals surface area contributed by atoms with Crippen LogP contribution in [0.15, 0.2) is 0 Å². The van der Waals surface area contributed by atoms with Crippen LogP contribution in [0, 0.1) is 5.92 Å². The molecule has 4 nitrogen and oxygen atoms in total. The maximum absolute atomic E-state index is 12.6. The van der Waals surface area contributed by atoms with Crippen molar-refractivity contribution in [2.75, 3.05) is 13.1 Å². The molecule has 0 aliphatic carbocycles. The lowest BCUT2D eigenvalue weighted by atomic mass is 9.96. The van der Waals surface area contributed by atoms with E-state index in [-0.39, 0.29) is 13.0 Å². The fourth-order valence-corrected chi connectivity index (χ4v) is 1.79. The summed E-state index contributed by atoms with van der Waals surface area (Å²) in [5, 5.41) is 9.41. The number of nitrogens with zero attached hydrogens (tertiary/aromatic N) is 1. The van der Waals surface area contributed by atoms with E-state index in [1.807, 2.05) is 0 Å². The summed E-state index contributed by atoms with van der Waals surface area (Å²) >= 11 is 0. The second-order valence-electron chi connectivity index (χ2n) is 5.51. The van der Waals surface area contributed by atoms with Crippen molar-refractivity contribution < 1.29 is 27.8 Å². The van der Waals surface area contributed by atoms with Gasteiger partial charge in [-0.15, -0.1) is 0 Å². The maximum atomic E-state index is 12.6. The molecule has 1 amide bonds. The van der Waals surface area contributed by atoms with Crippen LogP contribution in [0.1, 0.15) is 27.2 Å². The van der Waals surface area contributed by atoms with Crippen molar-refractivity contribution in [3.8, 4) is 0 Å². The normalized spacial score (nSPS) is 26.1. The number of piperidine rings is 1. The summed E-state index contributed by atoms with van der Waals surface area (Å²) in [4.78, 5) is 12.6. The Kier molecular flexibility index (Phi) is 4.15. The second kappa shape index (κ2) is 4.95. The first-order chi connectivity index (χ1) is 7.99. The fourth-order valence-electron chi connectivity index (χ4n) is 1.79. The van der Waals surface area contributed by atoms with E-state index in [0.717, 1.165) is 4.90 Å². The Bertz CT molecular complexity index is 312. The van der Waals surface area contributed by atoms with Gasteiger partial charge in [0.2, 0.25) is 0 Å². The van der Waals surface area contributed by atoms with E-state index in [2.05, 4.69) is 0 Å². The van der Waals surface area contributed by atoms with E-state index in [1.54, 1.807) is 20.8 Å². The lowest BCUT2D eigenvalue weighted by Gasteiger charge is -2.37. The largest absolute Gasteiger partial charge is 0.444 e. The number of rotatable bonds is 0. The van der Waals surface area contributed by atoms with E-state index in [4.69, 9.17) is 4.74 Å². The number of alkyl halides is 3. The molecule has 18 heavy (non-hydrogen) atoms. The van der Waals surface area contributed by atoms with E-state index >= 15 is 0 Å². The van der Waals surface area contributed by atoms with Crippen LogP contribution in [-0.4, -0.2) is 47.1 Å². The minimum Gasteiger partial charge on any atom is -0.444 e. The van der Waals surface area contributed by atoms with Gasteiger partial charge >= 0.3 is 12.3 Å². The minimum absolute atomic E-state index is 0.124. The minimum atomic E-state index is -4.42. The van der Waals surface area contributed by atoms with E-state index < -0.39 is 36.4 Å². The van der Waals surface area contributed by atoms with Crippen LogP contribution in [-0.2, 0) is 4.74 Å². The first kappa shape index (κ1) is 15.1. The van der Waals surface area contributed by atoms with Crippen molar-refractivity contribution >= 4 is 6.09 Å². The summed E-state index contributed by atoms with van der Waals surface area (Å²) in [5.74, 6) is -1.70. The van der Waals surface area contributed by atoms with Crippen molar-refractivity contribution in [3.05, 3.63) is 0 Å². The molecule has 1 aliphatic heterocycles. The number of halogens is 3. The third-order valence-corrected chi connectivity index (χ3v) is 2.54. The molecule has 1 unspecified atom stereocenters. The molecule has 0 spiro atoms. The molecule has 1 fully saturated rings.